The van der Waals surface area contributed by atoms with Crippen LogP contribution in [-0.2, 0) is 0 Å². The number of nitrogens with one attached hydrogen (secondary N) is 1. The fourth-order valence-corrected chi connectivity index (χ4v) is 4.05. The summed E-state index contributed by atoms with van der Waals surface area (Å²) in [4.78, 5) is 4.70. The highest BCUT2D eigenvalue weighted by Gasteiger charge is 2.31. The molecule has 2 atom stereocenters. The Labute approximate surface area is 119 Å². The van der Waals surface area contributed by atoms with Crippen LogP contribution < -0.4 is 5.32 Å². The first-order chi connectivity index (χ1) is 8.72. The number of anilines is 1. The SMILES string of the molecule is Fc1ccc(Br)cc1NC1=NC2CCCC2CS1. The number of aliphatic imine (C=N–C) groups is 1. The number of hydrogen-bond acceptors (Lipinski definition) is 3. The summed E-state index contributed by atoms with van der Waals surface area (Å²) >= 11 is 5.06. The number of rotatable bonds is 1. The number of amidine groups is 1. The topological polar surface area (TPSA) is 24.4 Å². The molecule has 1 aromatic rings. The molecule has 2 aliphatic rings. The van der Waals surface area contributed by atoms with E-state index in [0.717, 1.165) is 21.3 Å². The van der Waals surface area contributed by atoms with Crippen molar-refractivity contribution in [2.45, 2.75) is 25.3 Å². The summed E-state index contributed by atoms with van der Waals surface area (Å²) < 4.78 is 14.5. The standard InChI is InChI=1S/C13H14BrFN2S/c14-9-4-5-10(15)12(6-9)17-13-16-11-3-1-2-8(11)7-18-13/h4-6,8,11H,1-3,7H2,(H,16,17). The third-order valence-electron chi connectivity index (χ3n) is 3.51. The van der Waals surface area contributed by atoms with Crippen LogP contribution in [0.2, 0.25) is 0 Å². The number of nitrogens with zero attached hydrogens (tertiary/aromatic N) is 1. The lowest BCUT2D eigenvalue weighted by Crippen LogP contribution is -2.25. The first-order valence-electron chi connectivity index (χ1n) is 6.15. The van der Waals surface area contributed by atoms with Gasteiger partial charge in [0, 0.05) is 10.2 Å². The monoisotopic (exact) mass is 328 g/mol. The second kappa shape index (κ2) is 5.21. The largest absolute Gasteiger partial charge is 0.333 e. The van der Waals surface area contributed by atoms with Crippen molar-refractivity contribution in [1.82, 2.24) is 0 Å². The van der Waals surface area contributed by atoms with Crippen molar-refractivity contribution in [3.8, 4) is 0 Å². The Kier molecular flexibility index (Phi) is 3.61. The van der Waals surface area contributed by atoms with Crippen molar-refractivity contribution < 1.29 is 4.39 Å². The molecule has 0 radical (unpaired) electrons. The van der Waals surface area contributed by atoms with Crippen molar-refractivity contribution in [2.75, 3.05) is 11.1 Å². The van der Waals surface area contributed by atoms with Crippen LogP contribution in [-0.4, -0.2) is 17.0 Å². The lowest BCUT2D eigenvalue weighted by Gasteiger charge is -2.23. The van der Waals surface area contributed by atoms with E-state index in [9.17, 15) is 4.39 Å². The van der Waals surface area contributed by atoms with Gasteiger partial charge in [0.25, 0.3) is 0 Å². The second-order valence-corrected chi connectivity index (χ2v) is 6.68. The molecule has 0 spiro atoms. The molecule has 0 amide bonds. The van der Waals surface area contributed by atoms with E-state index in [1.165, 1.54) is 25.3 Å². The van der Waals surface area contributed by atoms with Crippen LogP contribution >= 0.6 is 27.7 Å². The predicted octanol–water partition coefficient (Wildman–Crippen LogP) is 4.27. The molecule has 1 saturated carbocycles. The van der Waals surface area contributed by atoms with Crippen LogP contribution in [0.3, 0.4) is 0 Å². The molecule has 1 aliphatic heterocycles. The van der Waals surface area contributed by atoms with E-state index in [4.69, 9.17) is 4.99 Å². The molecule has 0 aromatic heterocycles. The van der Waals surface area contributed by atoms with Gasteiger partial charge in [-0.15, -0.1) is 0 Å². The summed E-state index contributed by atoms with van der Waals surface area (Å²) in [5, 5.41) is 3.97. The second-order valence-electron chi connectivity index (χ2n) is 4.75. The summed E-state index contributed by atoms with van der Waals surface area (Å²) in [6.45, 7) is 0. The number of benzene rings is 1. The molecular weight excluding hydrogens is 315 g/mol. The van der Waals surface area contributed by atoms with E-state index in [-0.39, 0.29) is 5.82 Å². The minimum absolute atomic E-state index is 0.241. The Morgan fingerprint density at radius 2 is 2.28 bits per heavy atom. The maximum Gasteiger partial charge on any atom is 0.161 e. The Balaban J connectivity index is 1.78. The van der Waals surface area contributed by atoms with Crippen LogP contribution in [0.15, 0.2) is 27.7 Å². The smallest absolute Gasteiger partial charge is 0.161 e. The van der Waals surface area contributed by atoms with Gasteiger partial charge in [0.15, 0.2) is 5.17 Å². The zero-order valence-corrected chi connectivity index (χ0v) is 12.2. The minimum atomic E-state index is -0.241. The normalized spacial score (nSPS) is 26.7. The van der Waals surface area contributed by atoms with Crippen LogP contribution in [0, 0.1) is 11.7 Å². The van der Waals surface area contributed by atoms with Crippen molar-refractivity contribution in [3.05, 3.63) is 28.5 Å². The first-order valence-corrected chi connectivity index (χ1v) is 7.93. The highest BCUT2D eigenvalue weighted by atomic mass is 79.9. The third-order valence-corrected chi connectivity index (χ3v) is 5.08. The van der Waals surface area contributed by atoms with Crippen molar-refractivity contribution >= 4 is 38.5 Å². The number of fused-ring (bicyclic) bond motifs is 1. The zero-order valence-electron chi connectivity index (χ0n) is 9.83. The molecule has 2 nitrogen and oxygen atoms in total. The van der Waals surface area contributed by atoms with E-state index in [1.54, 1.807) is 23.9 Å². The summed E-state index contributed by atoms with van der Waals surface area (Å²) in [6, 6.07) is 5.35. The quantitative estimate of drug-likeness (QED) is 0.832. The third kappa shape index (κ3) is 2.57. The molecular formula is C13H14BrFN2S. The number of thioether (sulfide) groups is 1. The maximum absolute atomic E-state index is 13.6. The molecule has 1 N–H and O–H groups in total. The molecule has 2 unspecified atom stereocenters. The molecule has 18 heavy (non-hydrogen) atoms. The van der Waals surface area contributed by atoms with Gasteiger partial charge >= 0.3 is 0 Å². The van der Waals surface area contributed by atoms with Gasteiger partial charge in [0.05, 0.1) is 11.7 Å². The molecule has 96 valence electrons. The number of hydrogen-bond donors (Lipinski definition) is 1. The highest BCUT2D eigenvalue weighted by Crippen LogP contribution is 2.36. The molecule has 1 aromatic carbocycles. The van der Waals surface area contributed by atoms with Crippen LogP contribution in [0.5, 0.6) is 0 Å². The van der Waals surface area contributed by atoms with Crippen molar-refractivity contribution in [1.29, 1.82) is 0 Å². The Bertz CT molecular complexity index is 492. The van der Waals surface area contributed by atoms with Crippen LogP contribution in [0.1, 0.15) is 19.3 Å². The molecule has 1 aliphatic carbocycles. The lowest BCUT2D eigenvalue weighted by molar-refractivity contribution is 0.535. The van der Waals surface area contributed by atoms with E-state index < -0.39 is 0 Å². The summed E-state index contributed by atoms with van der Waals surface area (Å²) in [6.07, 6.45) is 3.75. The Morgan fingerprint density at radius 1 is 1.39 bits per heavy atom. The Hall–Kier alpha value is -0.550. The van der Waals surface area contributed by atoms with Gasteiger partial charge in [-0.3, -0.25) is 4.99 Å². The first kappa shape index (κ1) is 12.5. The molecule has 5 heteroatoms. The zero-order chi connectivity index (χ0) is 12.5. The van der Waals surface area contributed by atoms with Crippen LogP contribution in [0.25, 0.3) is 0 Å². The van der Waals surface area contributed by atoms with Gasteiger partial charge in [-0.2, -0.15) is 0 Å². The van der Waals surface area contributed by atoms with Gasteiger partial charge in [0.2, 0.25) is 0 Å². The van der Waals surface area contributed by atoms with E-state index in [1.807, 2.05) is 0 Å². The molecule has 1 fully saturated rings. The van der Waals surface area contributed by atoms with Gasteiger partial charge in [-0.25, -0.2) is 4.39 Å². The summed E-state index contributed by atoms with van der Waals surface area (Å²) in [7, 11) is 0. The molecule has 3 rings (SSSR count). The van der Waals surface area contributed by atoms with E-state index >= 15 is 0 Å². The molecule has 0 saturated heterocycles. The molecule has 0 bridgehead atoms. The predicted molar refractivity (Wildman–Crippen MR) is 78.7 cm³/mol. The number of halogens is 2. The summed E-state index contributed by atoms with van der Waals surface area (Å²) in [5.74, 6) is 1.59. The highest BCUT2D eigenvalue weighted by molar-refractivity contribution is 9.10. The van der Waals surface area contributed by atoms with Crippen molar-refractivity contribution in [3.63, 3.8) is 0 Å². The van der Waals surface area contributed by atoms with Gasteiger partial charge in [-0.05, 0) is 37.0 Å². The van der Waals surface area contributed by atoms with E-state index in [2.05, 4.69) is 21.2 Å². The maximum atomic E-state index is 13.6. The fraction of sp³-hybridized carbons (Fsp3) is 0.462. The van der Waals surface area contributed by atoms with Gasteiger partial charge in [-0.1, -0.05) is 34.1 Å². The van der Waals surface area contributed by atoms with Crippen molar-refractivity contribution in [2.24, 2.45) is 10.9 Å². The van der Waals surface area contributed by atoms with E-state index in [0.29, 0.717) is 11.7 Å². The van der Waals surface area contributed by atoms with Gasteiger partial charge in [0.1, 0.15) is 5.82 Å². The lowest BCUT2D eigenvalue weighted by atomic mass is 10.1. The molecule has 1 heterocycles. The average molecular weight is 329 g/mol. The van der Waals surface area contributed by atoms with Crippen LogP contribution in [0.4, 0.5) is 10.1 Å². The van der Waals surface area contributed by atoms with Gasteiger partial charge < -0.3 is 5.32 Å². The average Bonchev–Trinajstić information content (AvgIpc) is 2.81. The fourth-order valence-electron chi connectivity index (χ4n) is 2.53. The minimum Gasteiger partial charge on any atom is -0.333 e. The summed E-state index contributed by atoms with van der Waals surface area (Å²) in [5.41, 5.74) is 0.493. The Morgan fingerprint density at radius 3 is 3.17 bits per heavy atom.